The molecule has 0 aliphatic carbocycles. The number of hydrogen-bond acceptors (Lipinski definition) is 8. The average Bonchev–Trinajstić information content (AvgIpc) is 2.87. The highest BCUT2D eigenvalue weighted by Crippen LogP contribution is 2.30. The number of hydrogen-bond donors (Lipinski definition) is 0. The fraction of sp³-hybridized carbons (Fsp3) is 0.320. The van der Waals surface area contributed by atoms with Crippen LogP contribution in [0.2, 0.25) is 0 Å². The lowest BCUT2D eigenvalue weighted by Gasteiger charge is -2.43. The van der Waals surface area contributed by atoms with E-state index < -0.39 is 54.5 Å². The molecule has 34 heavy (non-hydrogen) atoms. The van der Waals surface area contributed by atoms with Gasteiger partial charge in [-0.25, -0.2) is 9.59 Å². The van der Waals surface area contributed by atoms with Crippen LogP contribution >= 0.6 is 11.6 Å². The van der Waals surface area contributed by atoms with Gasteiger partial charge in [0.05, 0.1) is 23.8 Å². The van der Waals surface area contributed by atoms with Gasteiger partial charge >= 0.3 is 17.9 Å². The first-order valence-corrected chi connectivity index (χ1v) is 11.1. The van der Waals surface area contributed by atoms with Crippen molar-refractivity contribution in [3.63, 3.8) is 0 Å². The Morgan fingerprint density at radius 1 is 0.882 bits per heavy atom. The van der Waals surface area contributed by atoms with Crippen molar-refractivity contribution in [2.45, 2.75) is 37.6 Å². The van der Waals surface area contributed by atoms with E-state index in [0.29, 0.717) is 5.56 Å². The van der Waals surface area contributed by atoms with Crippen molar-refractivity contribution in [2.24, 2.45) is 0 Å². The van der Waals surface area contributed by atoms with E-state index in [2.05, 4.69) is 6.58 Å². The van der Waals surface area contributed by atoms with Gasteiger partial charge in [0.25, 0.3) is 0 Å². The van der Waals surface area contributed by atoms with Gasteiger partial charge in [0.2, 0.25) is 0 Å². The summed E-state index contributed by atoms with van der Waals surface area (Å²) in [6.45, 7) is 5.31. The molecular weight excluding hydrogens is 464 g/mol. The summed E-state index contributed by atoms with van der Waals surface area (Å²) in [4.78, 5) is 37.8. The van der Waals surface area contributed by atoms with Crippen LogP contribution in [0, 0.1) is 0 Å². The van der Waals surface area contributed by atoms with Crippen LogP contribution in [0.4, 0.5) is 0 Å². The van der Waals surface area contributed by atoms with E-state index >= 15 is 0 Å². The highest BCUT2D eigenvalue weighted by Gasteiger charge is 2.51. The predicted molar refractivity (Wildman–Crippen MR) is 122 cm³/mol. The van der Waals surface area contributed by atoms with Gasteiger partial charge < -0.3 is 23.7 Å². The maximum Gasteiger partial charge on any atom is 0.338 e. The first-order chi connectivity index (χ1) is 16.4. The molecule has 8 nitrogen and oxygen atoms in total. The molecule has 0 saturated carbocycles. The average molecular weight is 489 g/mol. The molecule has 0 bridgehead atoms. The quantitative estimate of drug-likeness (QED) is 0.229. The second kappa shape index (κ2) is 12.3. The highest BCUT2D eigenvalue weighted by atomic mass is 35.5. The van der Waals surface area contributed by atoms with Gasteiger partial charge in [-0.3, -0.25) is 4.79 Å². The van der Waals surface area contributed by atoms with Crippen molar-refractivity contribution in [3.05, 3.63) is 84.4 Å². The molecule has 0 unspecified atom stereocenters. The molecule has 1 aliphatic rings. The number of halogens is 1. The summed E-state index contributed by atoms with van der Waals surface area (Å²) in [5, 5.41) is 0. The molecule has 0 radical (unpaired) electrons. The molecule has 180 valence electrons. The zero-order valence-corrected chi connectivity index (χ0v) is 19.3. The van der Waals surface area contributed by atoms with Gasteiger partial charge in [0.15, 0.2) is 24.6 Å². The number of alkyl halides is 1. The molecule has 3 rings (SSSR count). The Bertz CT molecular complexity index is 981. The van der Waals surface area contributed by atoms with E-state index in [-0.39, 0.29) is 12.2 Å². The fourth-order valence-corrected chi connectivity index (χ4v) is 3.47. The Labute approximate surface area is 202 Å². The van der Waals surface area contributed by atoms with E-state index in [4.69, 9.17) is 35.3 Å². The van der Waals surface area contributed by atoms with Crippen molar-refractivity contribution in [2.75, 3.05) is 12.5 Å². The van der Waals surface area contributed by atoms with E-state index in [1.165, 1.54) is 6.08 Å². The van der Waals surface area contributed by atoms with Crippen molar-refractivity contribution in [1.82, 2.24) is 0 Å². The Morgan fingerprint density at radius 2 is 1.41 bits per heavy atom. The van der Waals surface area contributed by atoms with Crippen molar-refractivity contribution >= 4 is 29.5 Å². The normalized spacial score (nSPS) is 24.0. The Balaban J connectivity index is 1.92. The zero-order chi connectivity index (χ0) is 24.5. The topological polar surface area (TPSA) is 97.4 Å². The molecule has 5 atom stereocenters. The molecule has 1 aliphatic heterocycles. The maximum absolute atomic E-state index is 12.8. The van der Waals surface area contributed by atoms with Crippen molar-refractivity contribution in [1.29, 1.82) is 0 Å². The van der Waals surface area contributed by atoms with Crippen LogP contribution in [0.3, 0.4) is 0 Å². The second-order valence-corrected chi connectivity index (χ2v) is 7.66. The highest BCUT2D eigenvalue weighted by molar-refractivity contribution is 6.26. The lowest BCUT2D eigenvalue weighted by Crippen LogP contribution is -2.61. The van der Waals surface area contributed by atoms with Gasteiger partial charge in [-0.05, 0) is 31.2 Å². The van der Waals surface area contributed by atoms with Crippen LogP contribution < -0.4 is 0 Å². The van der Waals surface area contributed by atoms with Crippen LogP contribution in [-0.4, -0.2) is 61.1 Å². The minimum atomic E-state index is -1.26. The minimum Gasteiger partial charge on any atom is -0.453 e. The summed E-state index contributed by atoms with van der Waals surface area (Å²) >= 11 is 5.66. The minimum absolute atomic E-state index is 0.0708. The first kappa shape index (κ1) is 25.4. The maximum atomic E-state index is 12.8. The number of rotatable bonds is 9. The van der Waals surface area contributed by atoms with Crippen LogP contribution in [-0.2, 0) is 28.5 Å². The smallest absolute Gasteiger partial charge is 0.338 e. The summed E-state index contributed by atoms with van der Waals surface area (Å²) in [6, 6.07) is 16.5. The number of carbonyl (C=O) groups is 3. The van der Waals surface area contributed by atoms with Gasteiger partial charge in [-0.2, -0.15) is 0 Å². The van der Waals surface area contributed by atoms with Gasteiger partial charge in [-0.1, -0.05) is 42.5 Å². The van der Waals surface area contributed by atoms with E-state index in [9.17, 15) is 14.4 Å². The fourth-order valence-electron chi connectivity index (χ4n) is 3.41. The van der Waals surface area contributed by atoms with Gasteiger partial charge in [-0.15, -0.1) is 18.2 Å². The lowest BCUT2D eigenvalue weighted by atomic mass is 9.98. The molecule has 0 spiro atoms. The molecule has 2 aromatic carbocycles. The predicted octanol–water partition coefficient (Wildman–Crippen LogP) is 3.54. The van der Waals surface area contributed by atoms with Crippen LogP contribution in [0.5, 0.6) is 0 Å². The molecule has 0 N–H and O–H groups in total. The zero-order valence-electron chi connectivity index (χ0n) is 18.5. The monoisotopic (exact) mass is 488 g/mol. The second-order valence-electron chi connectivity index (χ2n) is 7.39. The number of esters is 3. The van der Waals surface area contributed by atoms with E-state index in [1.807, 2.05) is 0 Å². The number of ether oxygens (including phenoxy) is 5. The SMILES string of the molecule is C=CCO[C@@H]1O[C@@H](C)[C@H](OC(=O)c2ccccc2)[C@@H](OC(=O)CCl)[C@H]1OC(=O)c1ccccc1. The molecule has 1 fully saturated rings. The molecule has 0 amide bonds. The Hall–Kier alpha value is -3.20. The third-order valence-electron chi connectivity index (χ3n) is 4.99. The molecule has 1 heterocycles. The summed E-state index contributed by atoms with van der Waals surface area (Å²) in [5.74, 6) is -2.60. The molecule has 0 aromatic heterocycles. The summed E-state index contributed by atoms with van der Waals surface area (Å²) in [5.41, 5.74) is 0.559. The standard InChI is InChI=1S/C25H25ClO8/c1-3-14-30-25-22(34-24(29)18-12-8-5-9-13-18)21(32-19(27)15-26)20(16(2)31-25)33-23(28)17-10-6-4-7-11-17/h3-13,16,20-22,25H,1,14-15H2,2H3/t16-,20-,21+,22+,25+/m0/s1. The molecule has 9 heteroatoms. The summed E-state index contributed by atoms with van der Waals surface area (Å²) in [7, 11) is 0. The van der Waals surface area contributed by atoms with E-state index in [0.717, 1.165) is 0 Å². The van der Waals surface area contributed by atoms with Crippen LogP contribution in [0.15, 0.2) is 73.3 Å². The molecule has 2 aromatic rings. The van der Waals surface area contributed by atoms with Crippen molar-refractivity contribution < 1.29 is 38.1 Å². The molecule has 1 saturated heterocycles. The molecular formula is C25H25ClO8. The van der Waals surface area contributed by atoms with Crippen LogP contribution in [0.25, 0.3) is 0 Å². The summed E-state index contributed by atoms with van der Waals surface area (Å²) in [6.07, 6.45) is -4.03. The van der Waals surface area contributed by atoms with Gasteiger partial charge in [0.1, 0.15) is 5.88 Å². The van der Waals surface area contributed by atoms with Crippen LogP contribution in [0.1, 0.15) is 27.6 Å². The van der Waals surface area contributed by atoms with E-state index in [1.54, 1.807) is 67.6 Å². The third kappa shape index (κ3) is 6.44. The summed E-state index contributed by atoms with van der Waals surface area (Å²) < 4.78 is 28.4. The van der Waals surface area contributed by atoms with Gasteiger partial charge in [0, 0.05) is 0 Å². The Kier molecular flexibility index (Phi) is 9.21. The lowest BCUT2D eigenvalue weighted by molar-refractivity contribution is -0.291. The Morgan fingerprint density at radius 3 is 1.91 bits per heavy atom. The first-order valence-electron chi connectivity index (χ1n) is 10.6. The van der Waals surface area contributed by atoms with Crippen molar-refractivity contribution in [3.8, 4) is 0 Å². The largest absolute Gasteiger partial charge is 0.453 e. The number of benzene rings is 2. The number of carbonyl (C=O) groups excluding carboxylic acids is 3. The third-order valence-corrected chi connectivity index (χ3v) is 5.21.